The Morgan fingerprint density at radius 2 is 1.88 bits per heavy atom. The number of primary sulfonamides is 1. The summed E-state index contributed by atoms with van der Waals surface area (Å²) in [7, 11) is -3.58. The molecule has 17 heavy (non-hydrogen) atoms. The molecule has 0 heterocycles. The molecule has 0 aliphatic heterocycles. The van der Waals surface area contributed by atoms with Gasteiger partial charge in [-0.25, -0.2) is 13.6 Å². The van der Waals surface area contributed by atoms with Crippen molar-refractivity contribution in [2.45, 2.75) is 31.1 Å². The quantitative estimate of drug-likeness (QED) is 0.862. The van der Waals surface area contributed by atoms with Crippen molar-refractivity contribution in [3.63, 3.8) is 0 Å². The average Bonchev–Trinajstić information content (AvgIpc) is 2.23. The average molecular weight is 254 g/mol. The molecule has 5 heteroatoms. The molecule has 4 nitrogen and oxygen atoms in total. The van der Waals surface area contributed by atoms with Gasteiger partial charge in [-0.15, -0.1) is 0 Å². The van der Waals surface area contributed by atoms with Crippen LogP contribution >= 0.6 is 0 Å². The second kappa shape index (κ2) is 4.31. The molecule has 1 fully saturated rings. The van der Waals surface area contributed by atoms with Crippen LogP contribution in [0.4, 0.5) is 5.69 Å². The molecular weight excluding hydrogens is 236 g/mol. The van der Waals surface area contributed by atoms with Gasteiger partial charge in [0, 0.05) is 12.2 Å². The number of benzene rings is 1. The smallest absolute Gasteiger partial charge is 0.238 e. The zero-order valence-corrected chi connectivity index (χ0v) is 10.8. The fraction of sp³-hybridized carbons (Fsp3) is 0.500. The SMILES string of the molecule is CC1(CNc2ccc(S(N)(=O)=O)cc2)CCC1. The van der Waals surface area contributed by atoms with Crippen LogP contribution in [-0.2, 0) is 10.0 Å². The summed E-state index contributed by atoms with van der Waals surface area (Å²) in [4.78, 5) is 0.151. The van der Waals surface area contributed by atoms with Gasteiger partial charge in [0.1, 0.15) is 0 Å². The molecule has 0 saturated heterocycles. The van der Waals surface area contributed by atoms with Crippen molar-refractivity contribution in [2.75, 3.05) is 11.9 Å². The third-order valence-electron chi connectivity index (χ3n) is 3.46. The van der Waals surface area contributed by atoms with Crippen molar-refractivity contribution in [1.82, 2.24) is 0 Å². The number of rotatable bonds is 4. The van der Waals surface area contributed by atoms with Gasteiger partial charge in [-0.05, 0) is 42.5 Å². The van der Waals surface area contributed by atoms with Crippen LogP contribution in [0.15, 0.2) is 29.2 Å². The minimum atomic E-state index is -3.58. The first kappa shape index (κ1) is 12.4. The summed E-state index contributed by atoms with van der Waals surface area (Å²) in [5, 5.41) is 8.36. The van der Waals surface area contributed by atoms with Crippen LogP contribution in [-0.4, -0.2) is 15.0 Å². The molecule has 1 aromatic rings. The molecule has 1 aliphatic rings. The number of nitrogens with two attached hydrogens (primary N) is 1. The predicted octanol–water partition coefficient (Wildman–Crippen LogP) is 1.94. The van der Waals surface area contributed by atoms with Gasteiger partial charge < -0.3 is 5.32 Å². The molecule has 1 saturated carbocycles. The normalized spacial score (nSPS) is 18.5. The molecule has 0 bridgehead atoms. The molecule has 0 unspecified atom stereocenters. The van der Waals surface area contributed by atoms with Gasteiger partial charge >= 0.3 is 0 Å². The monoisotopic (exact) mass is 254 g/mol. The summed E-state index contributed by atoms with van der Waals surface area (Å²) >= 11 is 0. The Labute approximate surface area is 102 Å². The van der Waals surface area contributed by atoms with Crippen LogP contribution in [0.2, 0.25) is 0 Å². The van der Waals surface area contributed by atoms with Crippen LogP contribution in [0, 0.1) is 5.41 Å². The first-order valence-corrected chi connectivity index (χ1v) is 7.31. The Bertz CT molecular complexity index is 490. The highest BCUT2D eigenvalue weighted by Crippen LogP contribution is 2.40. The van der Waals surface area contributed by atoms with E-state index >= 15 is 0 Å². The van der Waals surface area contributed by atoms with E-state index in [0.29, 0.717) is 5.41 Å². The Morgan fingerprint density at radius 3 is 2.29 bits per heavy atom. The summed E-state index contributed by atoms with van der Waals surface area (Å²) in [6, 6.07) is 6.56. The molecule has 0 spiro atoms. The highest BCUT2D eigenvalue weighted by atomic mass is 32.2. The minimum absolute atomic E-state index is 0.151. The maximum atomic E-state index is 11.1. The maximum Gasteiger partial charge on any atom is 0.238 e. The van der Waals surface area contributed by atoms with E-state index in [0.717, 1.165) is 12.2 Å². The van der Waals surface area contributed by atoms with E-state index in [-0.39, 0.29) is 4.90 Å². The standard InChI is InChI=1S/C12H18N2O2S/c1-12(7-2-8-12)9-14-10-3-5-11(6-4-10)17(13,15)16/h3-6,14H,2,7-9H2,1H3,(H2,13,15,16). The molecule has 0 amide bonds. The summed E-state index contributed by atoms with van der Waals surface area (Å²) in [6.07, 6.45) is 3.83. The van der Waals surface area contributed by atoms with E-state index in [1.165, 1.54) is 31.4 Å². The van der Waals surface area contributed by atoms with Crippen molar-refractivity contribution < 1.29 is 8.42 Å². The second-order valence-electron chi connectivity index (χ2n) is 5.09. The Hall–Kier alpha value is -1.07. The highest BCUT2D eigenvalue weighted by Gasteiger charge is 2.31. The van der Waals surface area contributed by atoms with Crippen LogP contribution in [0.1, 0.15) is 26.2 Å². The van der Waals surface area contributed by atoms with Gasteiger partial charge in [0.15, 0.2) is 0 Å². The largest absolute Gasteiger partial charge is 0.384 e. The van der Waals surface area contributed by atoms with E-state index in [2.05, 4.69) is 12.2 Å². The maximum absolute atomic E-state index is 11.1. The van der Waals surface area contributed by atoms with Gasteiger partial charge in [-0.2, -0.15) is 0 Å². The summed E-state index contributed by atoms with van der Waals surface area (Å²) in [5.74, 6) is 0. The van der Waals surface area contributed by atoms with Gasteiger partial charge in [-0.3, -0.25) is 0 Å². The lowest BCUT2D eigenvalue weighted by atomic mass is 9.70. The minimum Gasteiger partial charge on any atom is -0.384 e. The summed E-state index contributed by atoms with van der Waals surface area (Å²) in [6.45, 7) is 3.20. The predicted molar refractivity (Wildman–Crippen MR) is 68.3 cm³/mol. The molecule has 2 rings (SSSR count). The molecule has 1 aromatic carbocycles. The van der Waals surface area contributed by atoms with Crippen LogP contribution in [0.25, 0.3) is 0 Å². The van der Waals surface area contributed by atoms with Crippen LogP contribution < -0.4 is 10.5 Å². The van der Waals surface area contributed by atoms with Crippen molar-refractivity contribution >= 4 is 15.7 Å². The number of sulfonamides is 1. The van der Waals surface area contributed by atoms with Crippen molar-refractivity contribution in [1.29, 1.82) is 0 Å². The lowest BCUT2D eigenvalue weighted by Gasteiger charge is -2.38. The van der Waals surface area contributed by atoms with Crippen molar-refractivity contribution in [3.05, 3.63) is 24.3 Å². The number of nitrogens with one attached hydrogen (secondary N) is 1. The third-order valence-corrected chi connectivity index (χ3v) is 4.39. The highest BCUT2D eigenvalue weighted by molar-refractivity contribution is 7.89. The summed E-state index contributed by atoms with van der Waals surface area (Å²) in [5.41, 5.74) is 1.34. The lowest BCUT2D eigenvalue weighted by Crippen LogP contribution is -2.33. The number of anilines is 1. The first-order valence-electron chi connectivity index (χ1n) is 5.76. The summed E-state index contributed by atoms with van der Waals surface area (Å²) < 4.78 is 22.1. The third kappa shape index (κ3) is 2.98. The van der Waals surface area contributed by atoms with E-state index in [1.54, 1.807) is 12.1 Å². The number of hydrogen-bond acceptors (Lipinski definition) is 3. The van der Waals surface area contributed by atoms with E-state index in [4.69, 9.17) is 5.14 Å². The lowest BCUT2D eigenvalue weighted by molar-refractivity contribution is 0.180. The molecule has 1 aliphatic carbocycles. The fourth-order valence-corrected chi connectivity index (χ4v) is 2.55. The Morgan fingerprint density at radius 1 is 1.29 bits per heavy atom. The van der Waals surface area contributed by atoms with Gasteiger partial charge in [0.2, 0.25) is 10.0 Å². The molecule has 0 atom stereocenters. The topological polar surface area (TPSA) is 72.2 Å². The molecule has 0 aromatic heterocycles. The van der Waals surface area contributed by atoms with Gasteiger partial charge in [0.25, 0.3) is 0 Å². The second-order valence-corrected chi connectivity index (χ2v) is 6.65. The zero-order valence-electron chi connectivity index (χ0n) is 9.94. The van der Waals surface area contributed by atoms with E-state index < -0.39 is 10.0 Å². The molecule has 94 valence electrons. The molecule has 3 N–H and O–H groups in total. The van der Waals surface area contributed by atoms with Crippen LogP contribution in [0.3, 0.4) is 0 Å². The molecular formula is C12H18N2O2S. The Balaban J connectivity index is 1.99. The van der Waals surface area contributed by atoms with Crippen molar-refractivity contribution in [2.24, 2.45) is 10.6 Å². The fourth-order valence-electron chi connectivity index (χ4n) is 2.04. The van der Waals surface area contributed by atoms with E-state index in [9.17, 15) is 8.42 Å². The van der Waals surface area contributed by atoms with Gasteiger partial charge in [-0.1, -0.05) is 13.3 Å². The zero-order chi connectivity index (χ0) is 12.5. The first-order chi connectivity index (χ1) is 7.89. The van der Waals surface area contributed by atoms with Crippen LogP contribution in [0.5, 0.6) is 0 Å². The number of hydrogen-bond donors (Lipinski definition) is 2. The van der Waals surface area contributed by atoms with Gasteiger partial charge in [0.05, 0.1) is 4.90 Å². The van der Waals surface area contributed by atoms with Crippen molar-refractivity contribution in [3.8, 4) is 0 Å². The Kier molecular flexibility index (Phi) is 3.14. The van der Waals surface area contributed by atoms with E-state index in [1.807, 2.05) is 0 Å². The molecule has 0 radical (unpaired) electrons.